The summed E-state index contributed by atoms with van der Waals surface area (Å²) in [5, 5.41) is 1.44. The molecule has 0 spiro atoms. The van der Waals surface area contributed by atoms with Crippen LogP contribution in [0.4, 0.5) is 4.79 Å². The Balaban J connectivity index is 1.34. The first-order valence-electron chi connectivity index (χ1n) is 12.6. The second-order valence-electron chi connectivity index (χ2n) is 9.74. The topological polar surface area (TPSA) is 51.5 Å². The zero-order valence-electron chi connectivity index (χ0n) is 21.6. The molecule has 5 rings (SSSR count). The van der Waals surface area contributed by atoms with E-state index in [9.17, 15) is 9.59 Å². The molecule has 5 nitrogen and oxygen atoms in total. The molecule has 7 heteroatoms. The van der Waals surface area contributed by atoms with Crippen molar-refractivity contribution in [3.8, 4) is 5.75 Å². The highest BCUT2D eigenvalue weighted by atomic mass is 35.5. The number of aromatic nitrogens is 1. The van der Waals surface area contributed by atoms with E-state index in [1.165, 1.54) is 4.90 Å². The summed E-state index contributed by atoms with van der Waals surface area (Å²) < 4.78 is 8.17. The van der Waals surface area contributed by atoms with Crippen LogP contribution in [0.25, 0.3) is 17.0 Å². The molecule has 2 heterocycles. The maximum absolute atomic E-state index is 13.2. The van der Waals surface area contributed by atoms with E-state index >= 15 is 0 Å². The van der Waals surface area contributed by atoms with Crippen molar-refractivity contribution in [2.75, 3.05) is 13.2 Å². The molecule has 2 amide bonds. The predicted molar refractivity (Wildman–Crippen MR) is 156 cm³/mol. The molecule has 38 heavy (non-hydrogen) atoms. The first-order chi connectivity index (χ1) is 18.3. The molecule has 1 aliphatic heterocycles. The van der Waals surface area contributed by atoms with E-state index in [1.54, 1.807) is 0 Å². The van der Waals surface area contributed by atoms with E-state index in [2.05, 4.69) is 36.6 Å². The average Bonchev–Trinajstić information content (AvgIpc) is 3.35. The Hall–Kier alpha value is -3.48. The van der Waals surface area contributed by atoms with Crippen LogP contribution in [0, 0.1) is 6.92 Å². The van der Waals surface area contributed by atoms with Crippen molar-refractivity contribution >= 4 is 51.5 Å². The molecule has 1 aliphatic rings. The van der Waals surface area contributed by atoms with Crippen LogP contribution in [0.1, 0.15) is 42.0 Å². The van der Waals surface area contributed by atoms with Crippen molar-refractivity contribution in [3.05, 3.63) is 105 Å². The molecule has 194 valence electrons. The van der Waals surface area contributed by atoms with E-state index < -0.39 is 0 Å². The molecule has 0 atom stereocenters. The van der Waals surface area contributed by atoms with Crippen molar-refractivity contribution in [2.45, 2.75) is 33.2 Å². The lowest BCUT2D eigenvalue weighted by Gasteiger charge is -2.17. The highest BCUT2D eigenvalue weighted by molar-refractivity contribution is 8.18. The number of hydrogen-bond donors (Lipinski definition) is 0. The fourth-order valence-corrected chi connectivity index (χ4v) is 5.75. The second-order valence-corrected chi connectivity index (χ2v) is 11.2. The molecular formula is C31H29ClN2O3S. The van der Waals surface area contributed by atoms with Gasteiger partial charge in [0.2, 0.25) is 0 Å². The quantitative estimate of drug-likeness (QED) is 0.212. The number of aryl methyl sites for hydroxylation is 1. The summed E-state index contributed by atoms with van der Waals surface area (Å²) in [6.07, 6.45) is 3.84. The third kappa shape index (κ3) is 5.52. The summed E-state index contributed by atoms with van der Waals surface area (Å²) in [5.74, 6) is 0.824. The van der Waals surface area contributed by atoms with E-state index in [1.807, 2.05) is 67.7 Å². The van der Waals surface area contributed by atoms with Crippen molar-refractivity contribution in [1.82, 2.24) is 9.47 Å². The van der Waals surface area contributed by atoms with E-state index in [0.717, 1.165) is 50.7 Å². The Morgan fingerprint density at radius 2 is 1.84 bits per heavy atom. The van der Waals surface area contributed by atoms with Gasteiger partial charge in [-0.3, -0.25) is 14.5 Å². The van der Waals surface area contributed by atoms with Gasteiger partial charge in [0.15, 0.2) is 0 Å². The highest BCUT2D eigenvalue weighted by Gasteiger charge is 2.35. The van der Waals surface area contributed by atoms with Crippen molar-refractivity contribution in [3.63, 3.8) is 0 Å². The fourth-order valence-electron chi connectivity index (χ4n) is 4.68. The lowest BCUT2D eigenvalue weighted by atomic mass is 10.0. The van der Waals surface area contributed by atoms with Crippen molar-refractivity contribution in [1.29, 1.82) is 0 Å². The Morgan fingerprint density at radius 1 is 1.03 bits per heavy atom. The van der Waals surface area contributed by atoms with Gasteiger partial charge in [-0.25, -0.2) is 0 Å². The molecule has 1 saturated heterocycles. The number of carbonyl (C=O) groups excluding carboxylic acids is 2. The standard InChI is InChI=1S/C31H29ClN2O3S/c1-20(2)25-12-11-21(3)15-28(25)37-14-13-34-30(35)29(38-31(34)36)17-23-19-33(27-10-5-4-9-26(23)27)18-22-7-6-8-24(32)16-22/h4-12,15-17,19-20H,13-14,18H2,1-3H3/b29-17-. The summed E-state index contributed by atoms with van der Waals surface area (Å²) in [6, 6.07) is 22.0. The number of imide groups is 1. The van der Waals surface area contributed by atoms with Gasteiger partial charge in [0, 0.05) is 34.2 Å². The fraction of sp³-hybridized carbons (Fsp3) is 0.226. The largest absolute Gasteiger partial charge is 0.491 e. The Bertz CT molecular complexity index is 1560. The van der Waals surface area contributed by atoms with Gasteiger partial charge in [0.25, 0.3) is 11.1 Å². The minimum Gasteiger partial charge on any atom is -0.491 e. The predicted octanol–water partition coefficient (Wildman–Crippen LogP) is 7.89. The number of halogens is 1. The smallest absolute Gasteiger partial charge is 0.293 e. The molecule has 0 unspecified atom stereocenters. The number of thioether (sulfide) groups is 1. The maximum atomic E-state index is 13.2. The van der Waals surface area contributed by atoms with Crippen LogP contribution in [0.15, 0.2) is 77.8 Å². The van der Waals surface area contributed by atoms with Crippen LogP contribution >= 0.6 is 23.4 Å². The van der Waals surface area contributed by atoms with Gasteiger partial charge in [0.05, 0.1) is 11.4 Å². The molecular weight excluding hydrogens is 516 g/mol. The minimum absolute atomic E-state index is 0.198. The third-order valence-electron chi connectivity index (χ3n) is 6.59. The first-order valence-corrected chi connectivity index (χ1v) is 13.8. The molecule has 0 aliphatic carbocycles. The van der Waals surface area contributed by atoms with Crippen LogP contribution in [0.2, 0.25) is 5.02 Å². The molecule has 3 aromatic carbocycles. The first kappa shape index (κ1) is 26.1. The van der Waals surface area contributed by atoms with Crippen molar-refractivity contribution in [2.24, 2.45) is 0 Å². The molecule has 4 aromatic rings. The van der Waals surface area contributed by atoms with E-state index in [0.29, 0.717) is 22.4 Å². The lowest BCUT2D eigenvalue weighted by Crippen LogP contribution is -2.32. The number of fused-ring (bicyclic) bond motifs is 1. The number of carbonyl (C=O) groups is 2. The maximum Gasteiger partial charge on any atom is 0.293 e. The van der Waals surface area contributed by atoms with Crippen LogP contribution in [-0.2, 0) is 11.3 Å². The number of benzene rings is 3. The van der Waals surface area contributed by atoms with Crippen LogP contribution in [-0.4, -0.2) is 33.8 Å². The lowest BCUT2D eigenvalue weighted by molar-refractivity contribution is -0.123. The van der Waals surface area contributed by atoms with E-state index in [4.69, 9.17) is 16.3 Å². The number of para-hydroxylation sites is 1. The molecule has 0 N–H and O–H groups in total. The third-order valence-corrected chi connectivity index (χ3v) is 7.73. The van der Waals surface area contributed by atoms with E-state index in [-0.39, 0.29) is 24.3 Å². The Kier molecular flexibility index (Phi) is 7.63. The van der Waals surface area contributed by atoms with Gasteiger partial charge in [-0.05, 0) is 71.6 Å². The number of amides is 2. The van der Waals surface area contributed by atoms with Crippen molar-refractivity contribution < 1.29 is 14.3 Å². The van der Waals surface area contributed by atoms with Gasteiger partial charge in [0.1, 0.15) is 12.4 Å². The van der Waals surface area contributed by atoms with Crippen LogP contribution in [0.3, 0.4) is 0 Å². The summed E-state index contributed by atoms with van der Waals surface area (Å²) in [6.45, 7) is 7.34. The number of nitrogens with zero attached hydrogens (tertiary/aromatic N) is 2. The van der Waals surface area contributed by atoms with Crippen LogP contribution < -0.4 is 4.74 Å². The summed E-state index contributed by atoms with van der Waals surface area (Å²) in [4.78, 5) is 27.6. The van der Waals surface area contributed by atoms with Gasteiger partial charge >= 0.3 is 0 Å². The minimum atomic E-state index is -0.288. The van der Waals surface area contributed by atoms with Gasteiger partial charge in [-0.2, -0.15) is 0 Å². The summed E-state index contributed by atoms with van der Waals surface area (Å²) in [5.41, 5.74) is 5.24. The Morgan fingerprint density at radius 3 is 2.63 bits per heavy atom. The molecule has 0 saturated carbocycles. The SMILES string of the molecule is Cc1ccc(C(C)C)c(OCCN2C(=O)S/C(=C\c3cn(Cc4cccc(Cl)c4)c4ccccc34)C2=O)c1. The number of ether oxygens (including phenoxy) is 1. The molecule has 0 bridgehead atoms. The zero-order valence-corrected chi connectivity index (χ0v) is 23.2. The van der Waals surface area contributed by atoms with Gasteiger partial charge < -0.3 is 9.30 Å². The molecule has 1 aromatic heterocycles. The molecule has 0 radical (unpaired) electrons. The monoisotopic (exact) mass is 544 g/mol. The number of rotatable bonds is 8. The molecule has 1 fully saturated rings. The van der Waals surface area contributed by atoms with Gasteiger partial charge in [-0.1, -0.05) is 67.9 Å². The Labute approximate surface area is 232 Å². The normalized spacial score (nSPS) is 14.9. The zero-order chi connectivity index (χ0) is 26.8. The highest BCUT2D eigenvalue weighted by Crippen LogP contribution is 2.34. The second kappa shape index (κ2) is 11.1. The summed E-state index contributed by atoms with van der Waals surface area (Å²) in [7, 11) is 0. The van der Waals surface area contributed by atoms with Crippen LogP contribution in [0.5, 0.6) is 5.75 Å². The summed E-state index contributed by atoms with van der Waals surface area (Å²) >= 11 is 7.16. The average molecular weight is 545 g/mol. The number of hydrogen-bond acceptors (Lipinski definition) is 4. The van der Waals surface area contributed by atoms with Gasteiger partial charge in [-0.15, -0.1) is 0 Å².